The lowest BCUT2D eigenvalue weighted by Crippen LogP contribution is -2.49. The predicted octanol–water partition coefficient (Wildman–Crippen LogP) is 3.06. The summed E-state index contributed by atoms with van der Waals surface area (Å²) in [4.78, 5) is 27.5. The van der Waals surface area contributed by atoms with Gasteiger partial charge in [0.2, 0.25) is 5.75 Å². The molecule has 30 heavy (non-hydrogen) atoms. The zero-order valence-electron chi connectivity index (χ0n) is 17.9. The van der Waals surface area contributed by atoms with Crippen molar-refractivity contribution in [1.29, 1.82) is 0 Å². The molecule has 1 fully saturated rings. The highest BCUT2D eigenvalue weighted by Crippen LogP contribution is 2.38. The summed E-state index contributed by atoms with van der Waals surface area (Å²) in [5, 5.41) is 3.04. The van der Waals surface area contributed by atoms with Crippen molar-refractivity contribution in [2.45, 2.75) is 25.8 Å². The van der Waals surface area contributed by atoms with E-state index in [1.807, 2.05) is 31.2 Å². The molecule has 0 bridgehead atoms. The van der Waals surface area contributed by atoms with Gasteiger partial charge in [0.25, 0.3) is 11.8 Å². The SMILES string of the molecule is COc1cc(C(=O)NC2CCCN(C(=O)c3ccc(C)cc3)C2)cc(OC)c1OC. The van der Waals surface area contributed by atoms with Crippen LogP contribution in [0.4, 0.5) is 0 Å². The molecule has 0 aromatic heterocycles. The van der Waals surface area contributed by atoms with Crippen LogP contribution in [0.3, 0.4) is 0 Å². The third-order valence-corrected chi connectivity index (χ3v) is 5.27. The molecule has 7 heteroatoms. The quantitative estimate of drug-likeness (QED) is 0.789. The average molecular weight is 412 g/mol. The van der Waals surface area contributed by atoms with E-state index in [1.165, 1.54) is 21.3 Å². The molecule has 2 aromatic rings. The number of hydrogen-bond donors (Lipinski definition) is 1. The zero-order chi connectivity index (χ0) is 21.7. The maximum absolute atomic E-state index is 12.9. The minimum atomic E-state index is -0.246. The van der Waals surface area contributed by atoms with Crippen LogP contribution >= 0.6 is 0 Å². The van der Waals surface area contributed by atoms with Crippen LogP contribution in [0.1, 0.15) is 39.1 Å². The monoisotopic (exact) mass is 412 g/mol. The van der Waals surface area contributed by atoms with E-state index in [2.05, 4.69) is 5.32 Å². The normalized spacial score (nSPS) is 16.0. The van der Waals surface area contributed by atoms with Crippen molar-refractivity contribution >= 4 is 11.8 Å². The fourth-order valence-electron chi connectivity index (χ4n) is 3.64. The minimum absolute atomic E-state index is 0.0123. The number of likely N-dealkylation sites (tertiary alicyclic amines) is 1. The minimum Gasteiger partial charge on any atom is -0.493 e. The van der Waals surface area contributed by atoms with Crippen molar-refractivity contribution < 1.29 is 23.8 Å². The summed E-state index contributed by atoms with van der Waals surface area (Å²) in [7, 11) is 4.53. The highest BCUT2D eigenvalue weighted by molar-refractivity contribution is 5.96. The molecule has 160 valence electrons. The van der Waals surface area contributed by atoms with Crippen molar-refractivity contribution in [3.8, 4) is 17.2 Å². The molecule has 0 radical (unpaired) electrons. The number of aryl methyl sites for hydroxylation is 1. The van der Waals surface area contributed by atoms with E-state index in [0.717, 1.165) is 18.4 Å². The van der Waals surface area contributed by atoms with Gasteiger partial charge < -0.3 is 24.4 Å². The van der Waals surface area contributed by atoms with E-state index in [1.54, 1.807) is 17.0 Å². The Hall–Kier alpha value is -3.22. The number of amides is 2. The lowest BCUT2D eigenvalue weighted by atomic mass is 10.0. The van der Waals surface area contributed by atoms with Crippen molar-refractivity contribution in [3.05, 3.63) is 53.1 Å². The lowest BCUT2D eigenvalue weighted by molar-refractivity contribution is 0.0676. The Morgan fingerprint density at radius 2 is 1.60 bits per heavy atom. The van der Waals surface area contributed by atoms with Crippen LogP contribution in [0.25, 0.3) is 0 Å². The Balaban J connectivity index is 1.71. The Morgan fingerprint density at radius 3 is 2.17 bits per heavy atom. The molecule has 1 aliphatic heterocycles. The number of ether oxygens (including phenoxy) is 3. The number of carbonyl (C=O) groups excluding carboxylic acids is 2. The van der Waals surface area contributed by atoms with Gasteiger partial charge in [-0.2, -0.15) is 0 Å². The third-order valence-electron chi connectivity index (χ3n) is 5.27. The zero-order valence-corrected chi connectivity index (χ0v) is 17.9. The summed E-state index contributed by atoms with van der Waals surface area (Å²) >= 11 is 0. The van der Waals surface area contributed by atoms with E-state index >= 15 is 0 Å². The van der Waals surface area contributed by atoms with Gasteiger partial charge in [0, 0.05) is 30.3 Å². The summed E-state index contributed by atoms with van der Waals surface area (Å²) in [6, 6.07) is 10.7. The number of benzene rings is 2. The van der Waals surface area contributed by atoms with Crippen LogP contribution in [0.15, 0.2) is 36.4 Å². The number of nitrogens with zero attached hydrogens (tertiary/aromatic N) is 1. The van der Waals surface area contributed by atoms with Gasteiger partial charge in [-0.15, -0.1) is 0 Å². The van der Waals surface area contributed by atoms with Gasteiger partial charge >= 0.3 is 0 Å². The van der Waals surface area contributed by atoms with Gasteiger partial charge in [-0.25, -0.2) is 0 Å². The highest BCUT2D eigenvalue weighted by Gasteiger charge is 2.26. The Labute approximate surface area is 176 Å². The van der Waals surface area contributed by atoms with Gasteiger partial charge in [0.1, 0.15) is 0 Å². The molecule has 2 amide bonds. The molecule has 3 rings (SSSR count). The van der Waals surface area contributed by atoms with Crippen LogP contribution in [0, 0.1) is 6.92 Å². The molecule has 1 unspecified atom stereocenters. The number of nitrogens with one attached hydrogen (secondary N) is 1. The molecular weight excluding hydrogens is 384 g/mol. The number of piperidine rings is 1. The smallest absolute Gasteiger partial charge is 0.253 e. The van der Waals surface area contributed by atoms with Crippen LogP contribution < -0.4 is 19.5 Å². The number of methoxy groups -OCH3 is 3. The van der Waals surface area contributed by atoms with E-state index < -0.39 is 0 Å². The van der Waals surface area contributed by atoms with Crippen LogP contribution in [-0.4, -0.2) is 57.2 Å². The van der Waals surface area contributed by atoms with Crippen molar-refractivity contribution in [2.75, 3.05) is 34.4 Å². The molecule has 1 N–H and O–H groups in total. The molecule has 7 nitrogen and oxygen atoms in total. The Kier molecular flexibility index (Phi) is 6.82. The first-order chi connectivity index (χ1) is 14.5. The molecular formula is C23H28N2O5. The largest absolute Gasteiger partial charge is 0.493 e. The van der Waals surface area contributed by atoms with Crippen LogP contribution in [0.2, 0.25) is 0 Å². The summed E-state index contributed by atoms with van der Waals surface area (Å²) < 4.78 is 16.0. The lowest BCUT2D eigenvalue weighted by Gasteiger charge is -2.33. The van der Waals surface area contributed by atoms with Gasteiger partial charge in [0.15, 0.2) is 11.5 Å². The average Bonchev–Trinajstić information content (AvgIpc) is 2.78. The van der Waals surface area contributed by atoms with Crippen molar-refractivity contribution in [3.63, 3.8) is 0 Å². The standard InChI is InChI=1S/C23H28N2O5/c1-15-7-9-16(10-8-15)23(27)25-11-5-6-18(14-25)24-22(26)17-12-19(28-2)21(30-4)20(13-17)29-3/h7-10,12-13,18H,5-6,11,14H2,1-4H3,(H,24,26). The topological polar surface area (TPSA) is 77.1 Å². The fraction of sp³-hybridized carbons (Fsp3) is 0.391. The van der Waals surface area contributed by atoms with Gasteiger partial charge in [-0.05, 0) is 44.0 Å². The Bertz CT molecular complexity index is 885. The Morgan fingerprint density at radius 1 is 0.967 bits per heavy atom. The van der Waals surface area contributed by atoms with Gasteiger partial charge in [0.05, 0.1) is 21.3 Å². The molecule has 1 aliphatic rings. The summed E-state index contributed by atoms with van der Waals surface area (Å²) in [6.07, 6.45) is 1.64. The molecule has 1 heterocycles. The van der Waals surface area contributed by atoms with Crippen molar-refractivity contribution in [2.24, 2.45) is 0 Å². The first-order valence-electron chi connectivity index (χ1n) is 9.93. The van der Waals surface area contributed by atoms with Gasteiger partial charge in [-0.1, -0.05) is 17.7 Å². The third kappa shape index (κ3) is 4.67. The molecule has 0 aliphatic carbocycles. The predicted molar refractivity (Wildman–Crippen MR) is 114 cm³/mol. The maximum Gasteiger partial charge on any atom is 0.253 e. The van der Waals surface area contributed by atoms with Gasteiger partial charge in [-0.3, -0.25) is 9.59 Å². The molecule has 1 atom stereocenters. The number of carbonyl (C=O) groups is 2. The maximum atomic E-state index is 12.9. The van der Waals surface area contributed by atoms with Crippen LogP contribution in [-0.2, 0) is 0 Å². The molecule has 2 aromatic carbocycles. The highest BCUT2D eigenvalue weighted by atomic mass is 16.5. The molecule has 1 saturated heterocycles. The first kappa shape index (κ1) is 21.5. The number of hydrogen-bond acceptors (Lipinski definition) is 5. The number of rotatable bonds is 6. The summed E-state index contributed by atoms with van der Waals surface area (Å²) in [6.45, 7) is 3.15. The fourth-order valence-corrected chi connectivity index (χ4v) is 3.64. The van der Waals surface area contributed by atoms with E-state index in [-0.39, 0.29) is 17.9 Å². The van der Waals surface area contributed by atoms with E-state index in [0.29, 0.717) is 41.5 Å². The van der Waals surface area contributed by atoms with Crippen molar-refractivity contribution in [1.82, 2.24) is 10.2 Å². The summed E-state index contributed by atoms with van der Waals surface area (Å²) in [5.41, 5.74) is 2.18. The van der Waals surface area contributed by atoms with E-state index in [9.17, 15) is 9.59 Å². The molecule has 0 saturated carbocycles. The second-order valence-electron chi connectivity index (χ2n) is 7.34. The molecule has 0 spiro atoms. The second-order valence-corrected chi connectivity index (χ2v) is 7.34. The van der Waals surface area contributed by atoms with E-state index in [4.69, 9.17) is 14.2 Å². The van der Waals surface area contributed by atoms with Crippen LogP contribution in [0.5, 0.6) is 17.2 Å². The second kappa shape index (κ2) is 9.52. The summed E-state index contributed by atoms with van der Waals surface area (Å²) in [5.74, 6) is 1.01. The first-order valence-corrected chi connectivity index (χ1v) is 9.93.